The first-order valence-corrected chi connectivity index (χ1v) is 9.33. The Morgan fingerprint density at radius 3 is 1.96 bits per heavy atom. The first-order valence-electron chi connectivity index (χ1n) is 7.51. The molecule has 0 saturated heterocycles. The molecule has 0 aromatic heterocycles. The number of amides is 1. The largest absolute Gasteiger partial charge is 0.416 e. The number of anilines is 1. The van der Waals surface area contributed by atoms with Crippen LogP contribution in [0.5, 0.6) is 0 Å². The second kappa shape index (κ2) is 7.33. The molecule has 1 aromatic carbocycles. The van der Waals surface area contributed by atoms with Gasteiger partial charge < -0.3 is 5.32 Å². The Hall–Kier alpha value is -1.61. The number of alkyl halides is 3. The van der Waals surface area contributed by atoms with Crippen LogP contribution in [0, 0.1) is 11.3 Å². The zero-order chi connectivity index (χ0) is 19.6. The van der Waals surface area contributed by atoms with E-state index in [-0.39, 0.29) is 11.6 Å². The van der Waals surface area contributed by atoms with Gasteiger partial charge >= 0.3 is 6.18 Å². The van der Waals surface area contributed by atoms with Crippen molar-refractivity contribution in [2.24, 2.45) is 11.3 Å². The standard InChI is InChI=1S/C16H22F3NO4S/c1-10(2)13(24-25(5,22)23)15(3,4)14(21)20-12-8-6-11(7-9-12)16(17,18)19/h6-10,13H,1-5H3,(H,20,21). The lowest BCUT2D eigenvalue weighted by molar-refractivity contribution is -0.137. The van der Waals surface area contributed by atoms with Gasteiger partial charge in [-0.15, -0.1) is 0 Å². The minimum Gasteiger partial charge on any atom is -0.326 e. The summed E-state index contributed by atoms with van der Waals surface area (Å²) in [5.41, 5.74) is -1.89. The Kier molecular flexibility index (Phi) is 6.28. The molecule has 0 radical (unpaired) electrons. The number of halogens is 3. The van der Waals surface area contributed by atoms with E-state index in [9.17, 15) is 26.4 Å². The fourth-order valence-electron chi connectivity index (χ4n) is 2.42. The minimum absolute atomic E-state index is 0.174. The Balaban J connectivity index is 2.99. The quantitative estimate of drug-likeness (QED) is 0.763. The third-order valence-corrected chi connectivity index (χ3v) is 4.21. The molecule has 1 atom stereocenters. The van der Waals surface area contributed by atoms with Crippen LogP contribution in [0.4, 0.5) is 18.9 Å². The number of hydrogen-bond donors (Lipinski definition) is 1. The summed E-state index contributed by atoms with van der Waals surface area (Å²) in [5.74, 6) is -0.849. The lowest BCUT2D eigenvalue weighted by Gasteiger charge is -2.34. The monoisotopic (exact) mass is 381 g/mol. The van der Waals surface area contributed by atoms with Gasteiger partial charge in [0.25, 0.3) is 10.1 Å². The molecule has 5 nitrogen and oxygen atoms in total. The van der Waals surface area contributed by atoms with Gasteiger partial charge in [-0.2, -0.15) is 21.6 Å². The Morgan fingerprint density at radius 1 is 1.12 bits per heavy atom. The molecule has 0 bridgehead atoms. The van der Waals surface area contributed by atoms with Gasteiger partial charge in [-0.05, 0) is 44.0 Å². The normalized spacial score (nSPS) is 14.4. The lowest BCUT2D eigenvalue weighted by atomic mass is 9.80. The fraction of sp³-hybridized carbons (Fsp3) is 0.562. The van der Waals surface area contributed by atoms with Crippen molar-refractivity contribution in [1.29, 1.82) is 0 Å². The van der Waals surface area contributed by atoms with E-state index < -0.39 is 39.3 Å². The van der Waals surface area contributed by atoms with Crippen LogP contribution in [0.15, 0.2) is 24.3 Å². The van der Waals surface area contributed by atoms with Crippen molar-refractivity contribution < 1.29 is 30.6 Å². The summed E-state index contributed by atoms with van der Waals surface area (Å²) in [6.45, 7) is 6.45. The molecule has 0 aliphatic rings. The van der Waals surface area contributed by atoms with Crippen molar-refractivity contribution in [3.05, 3.63) is 29.8 Å². The van der Waals surface area contributed by atoms with E-state index in [0.717, 1.165) is 30.5 Å². The van der Waals surface area contributed by atoms with Gasteiger partial charge in [0.05, 0.1) is 23.3 Å². The van der Waals surface area contributed by atoms with E-state index in [1.54, 1.807) is 13.8 Å². The predicted molar refractivity (Wildman–Crippen MR) is 88.4 cm³/mol. The maximum Gasteiger partial charge on any atom is 0.416 e. The van der Waals surface area contributed by atoms with Crippen molar-refractivity contribution in [2.45, 2.75) is 40.0 Å². The highest BCUT2D eigenvalue weighted by Gasteiger charge is 2.41. The first-order chi connectivity index (χ1) is 11.1. The molecular formula is C16H22F3NO4S. The summed E-state index contributed by atoms with van der Waals surface area (Å²) < 4.78 is 65.6. The molecule has 1 amide bonds. The number of nitrogens with one attached hydrogen (secondary N) is 1. The van der Waals surface area contributed by atoms with Crippen LogP contribution in [-0.4, -0.2) is 26.7 Å². The molecule has 0 aliphatic carbocycles. The van der Waals surface area contributed by atoms with Crippen molar-refractivity contribution in [1.82, 2.24) is 0 Å². The summed E-state index contributed by atoms with van der Waals surface area (Å²) in [6.07, 6.45) is -4.50. The predicted octanol–water partition coefficient (Wildman–Crippen LogP) is 3.67. The highest BCUT2D eigenvalue weighted by molar-refractivity contribution is 7.86. The molecule has 0 aliphatic heterocycles. The zero-order valence-corrected chi connectivity index (χ0v) is 15.5. The van der Waals surface area contributed by atoms with Crippen LogP contribution < -0.4 is 5.32 Å². The summed E-state index contributed by atoms with van der Waals surface area (Å²) in [5, 5.41) is 2.50. The highest BCUT2D eigenvalue weighted by Crippen LogP contribution is 2.33. The second-order valence-corrected chi connectivity index (χ2v) is 8.32. The smallest absolute Gasteiger partial charge is 0.326 e. The second-order valence-electron chi connectivity index (χ2n) is 6.72. The van der Waals surface area contributed by atoms with Gasteiger partial charge in [0.1, 0.15) is 0 Å². The van der Waals surface area contributed by atoms with E-state index in [2.05, 4.69) is 5.32 Å². The molecule has 1 unspecified atom stereocenters. The van der Waals surface area contributed by atoms with Crippen LogP contribution in [0.1, 0.15) is 33.3 Å². The molecule has 0 heterocycles. The van der Waals surface area contributed by atoms with Crippen LogP contribution in [0.25, 0.3) is 0 Å². The van der Waals surface area contributed by atoms with Crippen molar-refractivity contribution >= 4 is 21.7 Å². The average molecular weight is 381 g/mol. The van der Waals surface area contributed by atoms with E-state index in [1.807, 2.05) is 0 Å². The number of rotatable bonds is 6. The fourth-order valence-corrected chi connectivity index (χ4v) is 3.26. The molecule has 142 valence electrons. The maximum atomic E-state index is 12.6. The number of carbonyl (C=O) groups is 1. The molecule has 9 heteroatoms. The summed E-state index contributed by atoms with van der Waals surface area (Å²) in [4.78, 5) is 12.5. The Bertz CT molecular complexity index is 710. The van der Waals surface area contributed by atoms with Crippen LogP contribution >= 0.6 is 0 Å². The average Bonchev–Trinajstić information content (AvgIpc) is 2.43. The minimum atomic E-state index is -4.46. The van der Waals surface area contributed by atoms with Gasteiger partial charge in [-0.3, -0.25) is 8.98 Å². The van der Waals surface area contributed by atoms with E-state index in [0.29, 0.717) is 0 Å². The number of benzene rings is 1. The lowest BCUT2D eigenvalue weighted by Crippen LogP contribution is -2.46. The third-order valence-electron chi connectivity index (χ3n) is 3.65. The van der Waals surface area contributed by atoms with Gasteiger partial charge in [0, 0.05) is 5.69 Å². The van der Waals surface area contributed by atoms with E-state index in [4.69, 9.17) is 4.18 Å². The van der Waals surface area contributed by atoms with Crippen molar-refractivity contribution in [3.63, 3.8) is 0 Å². The third kappa shape index (κ3) is 6.00. The van der Waals surface area contributed by atoms with E-state index >= 15 is 0 Å². The SMILES string of the molecule is CC(C)C(OS(C)(=O)=O)C(C)(C)C(=O)Nc1ccc(C(F)(F)F)cc1. The summed E-state index contributed by atoms with van der Waals surface area (Å²) in [6, 6.07) is 3.99. The van der Waals surface area contributed by atoms with Crippen LogP contribution in [-0.2, 0) is 25.3 Å². The Morgan fingerprint density at radius 2 is 1.60 bits per heavy atom. The van der Waals surface area contributed by atoms with Crippen molar-refractivity contribution in [3.8, 4) is 0 Å². The molecule has 1 aromatic rings. The summed E-state index contributed by atoms with van der Waals surface area (Å²) >= 11 is 0. The molecule has 1 N–H and O–H groups in total. The van der Waals surface area contributed by atoms with Gasteiger partial charge in [0.15, 0.2) is 0 Å². The summed E-state index contributed by atoms with van der Waals surface area (Å²) in [7, 11) is -3.78. The molecule has 1 rings (SSSR count). The molecular weight excluding hydrogens is 359 g/mol. The maximum absolute atomic E-state index is 12.6. The molecule has 0 spiro atoms. The van der Waals surface area contributed by atoms with Crippen LogP contribution in [0.2, 0.25) is 0 Å². The zero-order valence-electron chi connectivity index (χ0n) is 14.6. The van der Waals surface area contributed by atoms with E-state index in [1.165, 1.54) is 13.8 Å². The Labute approximate surface area is 145 Å². The number of carbonyl (C=O) groups excluding carboxylic acids is 1. The van der Waals surface area contributed by atoms with Gasteiger partial charge in [0.2, 0.25) is 5.91 Å². The molecule has 0 saturated carbocycles. The topological polar surface area (TPSA) is 72.5 Å². The van der Waals surface area contributed by atoms with Crippen LogP contribution in [0.3, 0.4) is 0 Å². The van der Waals surface area contributed by atoms with Gasteiger partial charge in [-0.1, -0.05) is 13.8 Å². The first kappa shape index (κ1) is 21.4. The number of hydrogen-bond acceptors (Lipinski definition) is 4. The van der Waals surface area contributed by atoms with Gasteiger partial charge in [-0.25, -0.2) is 0 Å². The molecule has 0 fully saturated rings. The highest BCUT2D eigenvalue weighted by atomic mass is 32.2. The van der Waals surface area contributed by atoms with Crippen molar-refractivity contribution in [2.75, 3.05) is 11.6 Å². The molecule has 25 heavy (non-hydrogen) atoms.